The fourth-order valence-electron chi connectivity index (χ4n) is 2.69. The van der Waals surface area contributed by atoms with Crippen molar-refractivity contribution in [1.29, 1.82) is 0 Å². The number of imidazole rings is 1. The van der Waals surface area contributed by atoms with E-state index in [9.17, 15) is 0 Å². The van der Waals surface area contributed by atoms with Gasteiger partial charge in [0, 0.05) is 13.0 Å². The molecule has 0 radical (unpaired) electrons. The van der Waals surface area contributed by atoms with Gasteiger partial charge in [-0.1, -0.05) is 48.6 Å². The molecule has 0 aliphatic heterocycles. The number of aryl methyl sites for hydroxylation is 1. The highest BCUT2D eigenvalue weighted by molar-refractivity contribution is 5.76. The molecule has 0 amide bonds. The minimum absolute atomic E-state index is 0.821. The van der Waals surface area contributed by atoms with E-state index in [2.05, 4.69) is 67.5 Å². The number of para-hydroxylation sites is 2. The highest BCUT2D eigenvalue weighted by atomic mass is 15.1. The zero-order valence-corrected chi connectivity index (χ0v) is 12.6. The van der Waals surface area contributed by atoms with Crippen LogP contribution in [0.1, 0.15) is 23.9 Å². The summed E-state index contributed by atoms with van der Waals surface area (Å²) < 4.78 is 2.28. The second kappa shape index (κ2) is 5.57. The van der Waals surface area contributed by atoms with Gasteiger partial charge in [0.15, 0.2) is 0 Å². The van der Waals surface area contributed by atoms with E-state index in [0.717, 1.165) is 29.9 Å². The van der Waals surface area contributed by atoms with Gasteiger partial charge in [-0.15, -0.1) is 0 Å². The summed E-state index contributed by atoms with van der Waals surface area (Å²) in [6.07, 6.45) is 0.856. The van der Waals surface area contributed by atoms with Crippen LogP contribution in [0.5, 0.6) is 0 Å². The Kier molecular flexibility index (Phi) is 3.61. The standard InChI is InChI=1S/C19H20N2/c1-14(2)13-21-18-11-7-6-10-17(18)20-19(21)12-16-9-5-4-8-15(16)3/h4-11H,1,12-13H2,2-3H3. The highest BCUT2D eigenvalue weighted by Crippen LogP contribution is 2.20. The SMILES string of the molecule is C=C(C)Cn1c(Cc2ccccc2C)nc2ccccc21. The number of hydrogen-bond donors (Lipinski definition) is 0. The van der Waals surface area contributed by atoms with E-state index < -0.39 is 0 Å². The number of benzene rings is 2. The Morgan fingerprint density at radius 1 is 1.10 bits per heavy atom. The van der Waals surface area contributed by atoms with E-state index in [1.165, 1.54) is 16.6 Å². The lowest BCUT2D eigenvalue weighted by atomic mass is 10.1. The van der Waals surface area contributed by atoms with E-state index in [0.29, 0.717) is 0 Å². The first-order valence-corrected chi connectivity index (χ1v) is 7.28. The van der Waals surface area contributed by atoms with Crippen molar-refractivity contribution in [2.45, 2.75) is 26.8 Å². The first-order chi connectivity index (χ1) is 10.1. The summed E-state index contributed by atoms with van der Waals surface area (Å²) >= 11 is 0. The molecule has 0 saturated heterocycles. The van der Waals surface area contributed by atoms with E-state index in [4.69, 9.17) is 4.98 Å². The Labute approximate surface area is 125 Å². The predicted octanol–water partition coefficient (Wildman–Crippen LogP) is 4.51. The number of nitrogens with zero attached hydrogens (tertiary/aromatic N) is 2. The Bertz CT molecular complexity index is 796. The number of allylic oxidation sites excluding steroid dienone is 1. The molecule has 0 aliphatic carbocycles. The minimum Gasteiger partial charge on any atom is -0.324 e. The highest BCUT2D eigenvalue weighted by Gasteiger charge is 2.11. The first-order valence-electron chi connectivity index (χ1n) is 7.28. The second-order valence-electron chi connectivity index (χ2n) is 5.66. The Balaban J connectivity index is 2.09. The first kappa shape index (κ1) is 13.6. The zero-order valence-electron chi connectivity index (χ0n) is 12.6. The van der Waals surface area contributed by atoms with Crippen molar-refractivity contribution >= 4 is 11.0 Å². The Hall–Kier alpha value is -2.35. The van der Waals surface area contributed by atoms with Crippen LogP contribution in [-0.4, -0.2) is 9.55 Å². The van der Waals surface area contributed by atoms with Gasteiger partial charge < -0.3 is 4.57 Å². The lowest BCUT2D eigenvalue weighted by Crippen LogP contribution is -2.06. The number of rotatable bonds is 4. The third-order valence-electron chi connectivity index (χ3n) is 3.77. The van der Waals surface area contributed by atoms with Crippen LogP contribution in [0.15, 0.2) is 60.7 Å². The van der Waals surface area contributed by atoms with Crippen LogP contribution < -0.4 is 0 Å². The van der Waals surface area contributed by atoms with E-state index >= 15 is 0 Å². The normalized spacial score (nSPS) is 11.0. The molecule has 2 nitrogen and oxygen atoms in total. The molecule has 2 heteroatoms. The molecule has 106 valence electrons. The van der Waals surface area contributed by atoms with Crippen LogP contribution in [0.25, 0.3) is 11.0 Å². The summed E-state index contributed by atoms with van der Waals surface area (Å²) in [4.78, 5) is 4.82. The van der Waals surface area contributed by atoms with Crippen molar-refractivity contribution in [3.8, 4) is 0 Å². The molecule has 2 aromatic carbocycles. The average Bonchev–Trinajstić information content (AvgIpc) is 2.79. The second-order valence-corrected chi connectivity index (χ2v) is 5.66. The number of aromatic nitrogens is 2. The van der Waals surface area contributed by atoms with Crippen molar-refractivity contribution in [2.24, 2.45) is 0 Å². The Morgan fingerprint density at radius 2 is 1.81 bits per heavy atom. The van der Waals surface area contributed by atoms with Crippen molar-refractivity contribution < 1.29 is 0 Å². The molecule has 0 N–H and O–H groups in total. The lowest BCUT2D eigenvalue weighted by molar-refractivity contribution is 0.752. The summed E-state index contributed by atoms with van der Waals surface area (Å²) in [5.74, 6) is 1.11. The molecule has 0 aliphatic rings. The molecule has 1 aromatic heterocycles. The number of fused-ring (bicyclic) bond motifs is 1. The van der Waals surface area contributed by atoms with Crippen molar-refractivity contribution in [2.75, 3.05) is 0 Å². The van der Waals surface area contributed by atoms with Crippen LogP contribution in [0.3, 0.4) is 0 Å². The largest absolute Gasteiger partial charge is 0.324 e. The molecular weight excluding hydrogens is 256 g/mol. The molecule has 0 saturated carbocycles. The Morgan fingerprint density at radius 3 is 2.57 bits per heavy atom. The van der Waals surface area contributed by atoms with Crippen molar-refractivity contribution in [3.63, 3.8) is 0 Å². The lowest BCUT2D eigenvalue weighted by Gasteiger charge is -2.10. The van der Waals surface area contributed by atoms with Gasteiger partial charge in [0.05, 0.1) is 11.0 Å². The summed E-state index contributed by atoms with van der Waals surface area (Å²) in [7, 11) is 0. The van der Waals surface area contributed by atoms with Crippen molar-refractivity contribution in [1.82, 2.24) is 9.55 Å². The maximum atomic E-state index is 4.82. The minimum atomic E-state index is 0.821. The maximum Gasteiger partial charge on any atom is 0.114 e. The molecule has 0 atom stereocenters. The van der Waals surface area contributed by atoms with E-state index in [1.54, 1.807) is 0 Å². The summed E-state index contributed by atoms with van der Waals surface area (Å²) in [5.41, 5.74) is 6.03. The third-order valence-corrected chi connectivity index (χ3v) is 3.77. The quantitative estimate of drug-likeness (QED) is 0.641. The molecule has 3 rings (SSSR count). The van der Waals surface area contributed by atoms with Gasteiger partial charge in [0.1, 0.15) is 5.82 Å². The average molecular weight is 276 g/mol. The molecule has 0 unspecified atom stereocenters. The van der Waals surface area contributed by atoms with Crippen LogP contribution >= 0.6 is 0 Å². The number of hydrogen-bond acceptors (Lipinski definition) is 1. The maximum absolute atomic E-state index is 4.82. The smallest absolute Gasteiger partial charge is 0.114 e. The molecule has 3 aromatic rings. The van der Waals surface area contributed by atoms with Crippen molar-refractivity contribution in [3.05, 3.63) is 77.6 Å². The van der Waals surface area contributed by atoms with E-state index in [-0.39, 0.29) is 0 Å². The predicted molar refractivity (Wildman–Crippen MR) is 88.5 cm³/mol. The fourth-order valence-corrected chi connectivity index (χ4v) is 2.69. The zero-order chi connectivity index (χ0) is 14.8. The van der Waals surface area contributed by atoms with Gasteiger partial charge in [-0.05, 0) is 37.1 Å². The van der Waals surface area contributed by atoms with Gasteiger partial charge in [-0.25, -0.2) is 4.98 Å². The molecule has 0 spiro atoms. The van der Waals surface area contributed by atoms with Crippen LogP contribution in [0.4, 0.5) is 0 Å². The summed E-state index contributed by atoms with van der Waals surface area (Å²) in [6, 6.07) is 16.8. The molecule has 21 heavy (non-hydrogen) atoms. The van der Waals surface area contributed by atoms with Gasteiger partial charge in [-0.3, -0.25) is 0 Å². The van der Waals surface area contributed by atoms with Gasteiger partial charge >= 0.3 is 0 Å². The third kappa shape index (κ3) is 2.75. The molecular formula is C19H20N2. The fraction of sp³-hybridized carbons (Fsp3) is 0.211. The van der Waals surface area contributed by atoms with Crippen LogP contribution in [0, 0.1) is 6.92 Å². The monoisotopic (exact) mass is 276 g/mol. The summed E-state index contributed by atoms with van der Waals surface area (Å²) in [5, 5.41) is 0. The molecule has 0 fully saturated rings. The molecule has 1 heterocycles. The van der Waals surface area contributed by atoms with Crippen LogP contribution in [0.2, 0.25) is 0 Å². The van der Waals surface area contributed by atoms with Gasteiger partial charge in [0.25, 0.3) is 0 Å². The van der Waals surface area contributed by atoms with Gasteiger partial charge in [0.2, 0.25) is 0 Å². The topological polar surface area (TPSA) is 17.8 Å². The van der Waals surface area contributed by atoms with Crippen LogP contribution in [-0.2, 0) is 13.0 Å². The summed E-state index contributed by atoms with van der Waals surface area (Å²) in [6.45, 7) is 9.09. The van der Waals surface area contributed by atoms with Gasteiger partial charge in [-0.2, -0.15) is 0 Å². The van der Waals surface area contributed by atoms with E-state index in [1.807, 2.05) is 6.07 Å². The molecule has 0 bridgehead atoms.